The van der Waals surface area contributed by atoms with E-state index >= 15 is 0 Å². The van der Waals surface area contributed by atoms with Crippen LogP contribution in [0.5, 0.6) is 0 Å². The van der Waals surface area contributed by atoms with Crippen LogP contribution in [0, 0.1) is 6.92 Å². The normalized spacial score (nSPS) is 12.2. The number of carbonyl (C=O) groups is 1. The molecule has 0 aliphatic carbocycles. The first-order valence-corrected chi connectivity index (χ1v) is 9.77. The van der Waals surface area contributed by atoms with Gasteiger partial charge in [0.25, 0.3) is 5.56 Å². The number of para-hydroxylation sites is 1. The van der Waals surface area contributed by atoms with Gasteiger partial charge in [-0.05, 0) is 50.7 Å². The van der Waals surface area contributed by atoms with E-state index in [-0.39, 0.29) is 11.5 Å². The standard InChI is InChI=1S/C22H25ClN4O2/c1-15-20(22(29)27(26(15)4)19-11-6-5-7-12-19)24-21(28)16(2)25(3)14-17-9-8-10-18(23)13-17/h5-13,16H,14H2,1-4H3,(H,24,28). The maximum Gasteiger partial charge on any atom is 0.295 e. The molecule has 1 amide bonds. The van der Waals surface area contributed by atoms with Crippen molar-refractivity contribution < 1.29 is 4.79 Å². The van der Waals surface area contributed by atoms with Crippen LogP contribution in [-0.4, -0.2) is 33.3 Å². The lowest BCUT2D eigenvalue weighted by Crippen LogP contribution is -2.40. The molecule has 3 aromatic rings. The Hall–Kier alpha value is -2.83. The van der Waals surface area contributed by atoms with Crippen LogP contribution < -0.4 is 10.9 Å². The Morgan fingerprint density at radius 1 is 1.17 bits per heavy atom. The molecule has 0 aliphatic rings. The third-order valence-corrected chi connectivity index (χ3v) is 5.40. The third-order valence-electron chi connectivity index (χ3n) is 5.16. The molecule has 0 spiro atoms. The lowest BCUT2D eigenvalue weighted by atomic mass is 10.2. The molecule has 3 rings (SSSR count). The Morgan fingerprint density at radius 2 is 1.86 bits per heavy atom. The summed E-state index contributed by atoms with van der Waals surface area (Å²) in [6, 6.07) is 16.5. The first-order chi connectivity index (χ1) is 13.8. The van der Waals surface area contributed by atoms with Gasteiger partial charge in [-0.3, -0.25) is 19.2 Å². The van der Waals surface area contributed by atoms with Crippen molar-refractivity contribution in [2.75, 3.05) is 12.4 Å². The minimum absolute atomic E-state index is 0.236. The van der Waals surface area contributed by atoms with E-state index in [0.29, 0.717) is 22.9 Å². The number of carbonyl (C=O) groups excluding carboxylic acids is 1. The van der Waals surface area contributed by atoms with Crippen molar-refractivity contribution >= 4 is 23.2 Å². The summed E-state index contributed by atoms with van der Waals surface area (Å²) in [5.41, 5.74) is 2.49. The van der Waals surface area contributed by atoms with E-state index in [2.05, 4.69) is 5.32 Å². The number of aromatic nitrogens is 2. The zero-order chi connectivity index (χ0) is 21.1. The van der Waals surface area contributed by atoms with Gasteiger partial charge in [0.2, 0.25) is 5.91 Å². The van der Waals surface area contributed by atoms with Crippen molar-refractivity contribution in [2.24, 2.45) is 7.05 Å². The van der Waals surface area contributed by atoms with Gasteiger partial charge in [0, 0.05) is 18.6 Å². The van der Waals surface area contributed by atoms with Crippen molar-refractivity contribution in [1.29, 1.82) is 0 Å². The van der Waals surface area contributed by atoms with Crippen LogP contribution >= 0.6 is 11.6 Å². The number of anilines is 1. The summed E-state index contributed by atoms with van der Waals surface area (Å²) in [5.74, 6) is -0.236. The van der Waals surface area contributed by atoms with Gasteiger partial charge in [-0.15, -0.1) is 0 Å². The highest BCUT2D eigenvalue weighted by atomic mass is 35.5. The molecule has 2 aromatic carbocycles. The Bertz CT molecular complexity index is 1070. The zero-order valence-corrected chi connectivity index (χ0v) is 17.8. The molecule has 0 saturated heterocycles. The Labute approximate surface area is 175 Å². The van der Waals surface area contributed by atoms with E-state index in [1.54, 1.807) is 16.4 Å². The summed E-state index contributed by atoms with van der Waals surface area (Å²) >= 11 is 6.04. The highest BCUT2D eigenvalue weighted by molar-refractivity contribution is 6.30. The maximum absolute atomic E-state index is 13.0. The molecule has 29 heavy (non-hydrogen) atoms. The van der Waals surface area contributed by atoms with Crippen molar-refractivity contribution in [3.05, 3.63) is 81.2 Å². The molecule has 7 heteroatoms. The Kier molecular flexibility index (Phi) is 6.25. The Morgan fingerprint density at radius 3 is 2.52 bits per heavy atom. The van der Waals surface area contributed by atoms with Crippen molar-refractivity contribution in [3.63, 3.8) is 0 Å². The molecule has 0 bridgehead atoms. The number of hydrogen-bond donors (Lipinski definition) is 1. The monoisotopic (exact) mass is 412 g/mol. The molecule has 1 heterocycles. The van der Waals surface area contributed by atoms with Crippen LogP contribution in [0.1, 0.15) is 18.2 Å². The zero-order valence-electron chi connectivity index (χ0n) is 17.0. The second-order valence-corrected chi connectivity index (χ2v) is 7.58. The topological polar surface area (TPSA) is 59.3 Å². The number of nitrogens with one attached hydrogen (secondary N) is 1. The predicted octanol–water partition coefficient (Wildman–Crippen LogP) is 3.60. The number of amides is 1. The van der Waals surface area contributed by atoms with E-state index in [1.807, 2.05) is 80.4 Å². The fourth-order valence-electron chi connectivity index (χ4n) is 3.20. The van der Waals surface area contributed by atoms with Crippen LogP contribution in [0.3, 0.4) is 0 Å². The molecule has 0 saturated carbocycles. The molecule has 1 N–H and O–H groups in total. The van der Waals surface area contributed by atoms with Gasteiger partial charge < -0.3 is 5.32 Å². The minimum atomic E-state index is -0.432. The maximum atomic E-state index is 13.0. The highest BCUT2D eigenvalue weighted by Crippen LogP contribution is 2.16. The van der Waals surface area contributed by atoms with E-state index < -0.39 is 6.04 Å². The molecule has 0 aliphatic heterocycles. The van der Waals surface area contributed by atoms with E-state index in [0.717, 1.165) is 11.3 Å². The van der Waals surface area contributed by atoms with Crippen LogP contribution in [0.4, 0.5) is 5.69 Å². The molecule has 0 radical (unpaired) electrons. The molecule has 1 unspecified atom stereocenters. The van der Waals surface area contributed by atoms with Crippen molar-refractivity contribution in [2.45, 2.75) is 26.4 Å². The number of nitrogens with zero attached hydrogens (tertiary/aromatic N) is 3. The lowest BCUT2D eigenvalue weighted by Gasteiger charge is -2.23. The summed E-state index contributed by atoms with van der Waals surface area (Å²) in [6.07, 6.45) is 0. The summed E-state index contributed by atoms with van der Waals surface area (Å²) in [4.78, 5) is 27.7. The first kappa shape index (κ1) is 20.9. The smallest absolute Gasteiger partial charge is 0.295 e. The van der Waals surface area contributed by atoms with Crippen LogP contribution in [0.25, 0.3) is 5.69 Å². The van der Waals surface area contributed by atoms with Crippen LogP contribution in [0.15, 0.2) is 59.4 Å². The Balaban J connectivity index is 1.79. The number of rotatable bonds is 6. The highest BCUT2D eigenvalue weighted by Gasteiger charge is 2.23. The average Bonchev–Trinajstić information content (AvgIpc) is 2.91. The van der Waals surface area contributed by atoms with Gasteiger partial charge in [0.1, 0.15) is 5.69 Å². The quantitative estimate of drug-likeness (QED) is 0.673. The van der Waals surface area contributed by atoms with Gasteiger partial charge in [-0.1, -0.05) is 41.9 Å². The average molecular weight is 413 g/mol. The summed E-state index contributed by atoms with van der Waals surface area (Å²) in [7, 11) is 3.67. The second-order valence-electron chi connectivity index (χ2n) is 7.15. The first-order valence-electron chi connectivity index (χ1n) is 9.39. The van der Waals surface area contributed by atoms with Crippen LogP contribution in [-0.2, 0) is 18.4 Å². The van der Waals surface area contributed by atoms with Crippen molar-refractivity contribution in [1.82, 2.24) is 14.3 Å². The second kappa shape index (κ2) is 8.68. The summed E-state index contributed by atoms with van der Waals surface area (Å²) in [5, 5.41) is 3.49. The number of halogens is 1. The fourth-order valence-corrected chi connectivity index (χ4v) is 3.41. The van der Waals surface area contributed by atoms with Gasteiger partial charge in [-0.2, -0.15) is 0 Å². The molecule has 1 aromatic heterocycles. The summed E-state index contributed by atoms with van der Waals surface area (Å²) < 4.78 is 3.29. The molecule has 1 atom stereocenters. The van der Waals surface area contributed by atoms with Crippen LogP contribution in [0.2, 0.25) is 5.02 Å². The van der Waals surface area contributed by atoms with Gasteiger partial charge >= 0.3 is 0 Å². The molecular formula is C22H25ClN4O2. The SMILES string of the molecule is Cc1c(NC(=O)C(C)N(C)Cc2cccc(Cl)c2)c(=O)n(-c2ccccc2)n1C. The number of likely N-dealkylation sites (N-methyl/N-ethyl adjacent to an activating group) is 1. The number of benzene rings is 2. The van der Waals surface area contributed by atoms with Gasteiger partial charge in [0.05, 0.1) is 17.4 Å². The lowest BCUT2D eigenvalue weighted by molar-refractivity contribution is -0.120. The fraction of sp³-hybridized carbons (Fsp3) is 0.273. The van der Waals surface area contributed by atoms with E-state index in [4.69, 9.17) is 11.6 Å². The largest absolute Gasteiger partial charge is 0.319 e. The number of hydrogen-bond acceptors (Lipinski definition) is 3. The van der Waals surface area contributed by atoms with Gasteiger partial charge in [0.15, 0.2) is 0 Å². The molecule has 6 nitrogen and oxygen atoms in total. The molecule has 152 valence electrons. The van der Waals surface area contributed by atoms with Crippen molar-refractivity contribution in [3.8, 4) is 5.69 Å². The van der Waals surface area contributed by atoms with E-state index in [1.165, 1.54) is 0 Å². The third kappa shape index (κ3) is 4.44. The molecular weight excluding hydrogens is 388 g/mol. The van der Waals surface area contributed by atoms with E-state index in [9.17, 15) is 9.59 Å². The molecule has 0 fully saturated rings. The summed E-state index contributed by atoms with van der Waals surface area (Å²) in [6.45, 7) is 4.20. The predicted molar refractivity (Wildman–Crippen MR) is 117 cm³/mol. The minimum Gasteiger partial charge on any atom is -0.319 e. The van der Waals surface area contributed by atoms with Gasteiger partial charge in [-0.25, -0.2) is 4.68 Å².